The number of allylic oxidation sites excluding steroid dienone is 1. The minimum atomic E-state index is -1.50. The number of Topliss-reactive ketones (excluding diaryl/α,β-unsaturated/α-hetero) is 1. The second-order valence-corrected chi connectivity index (χ2v) is 6.39. The Morgan fingerprint density at radius 3 is 2.90 bits per heavy atom. The Hall–Kier alpha value is -0.970. The van der Waals surface area contributed by atoms with Crippen LogP contribution in [0.3, 0.4) is 0 Å². The molecule has 1 heterocycles. The Labute approximate surface area is 119 Å². The lowest BCUT2D eigenvalue weighted by molar-refractivity contribution is -0.227. The van der Waals surface area contributed by atoms with E-state index >= 15 is 0 Å². The number of carbonyl (C=O) groups excluding carboxylic acids is 1. The van der Waals surface area contributed by atoms with E-state index in [1.165, 1.54) is 7.11 Å². The molecule has 1 saturated heterocycles. The van der Waals surface area contributed by atoms with Crippen LogP contribution in [0.2, 0.25) is 0 Å². The molecule has 3 aliphatic rings. The van der Waals surface area contributed by atoms with Crippen LogP contribution in [-0.2, 0) is 14.3 Å². The molecule has 4 nitrogen and oxygen atoms in total. The molecule has 20 heavy (non-hydrogen) atoms. The predicted octanol–water partition coefficient (Wildman–Crippen LogP) is 1.84. The summed E-state index contributed by atoms with van der Waals surface area (Å²) in [5.74, 6) is 0.139. The van der Waals surface area contributed by atoms with Crippen molar-refractivity contribution in [3.05, 3.63) is 23.8 Å². The summed E-state index contributed by atoms with van der Waals surface area (Å²) in [5.41, 5.74) is -0.0741. The van der Waals surface area contributed by atoms with Crippen molar-refractivity contribution in [3.63, 3.8) is 0 Å². The number of hydrogen-bond acceptors (Lipinski definition) is 4. The van der Waals surface area contributed by atoms with Gasteiger partial charge >= 0.3 is 0 Å². The second kappa shape index (κ2) is 4.52. The van der Waals surface area contributed by atoms with E-state index in [1.54, 1.807) is 0 Å². The monoisotopic (exact) mass is 278 g/mol. The largest absolute Gasteiger partial charge is 0.377 e. The zero-order chi connectivity index (χ0) is 14.7. The summed E-state index contributed by atoms with van der Waals surface area (Å²) < 4.78 is 11.2. The molecule has 0 bridgehead atoms. The van der Waals surface area contributed by atoms with E-state index in [9.17, 15) is 9.90 Å². The first-order valence-corrected chi connectivity index (χ1v) is 7.21. The molecule has 0 amide bonds. The summed E-state index contributed by atoms with van der Waals surface area (Å²) >= 11 is 0. The fourth-order valence-corrected chi connectivity index (χ4v) is 4.17. The van der Waals surface area contributed by atoms with Gasteiger partial charge in [0.1, 0.15) is 0 Å². The van der Waals surface area contributed by atoms with Gasteiger partial charge in [-0.15, -0.1) is 0 Å². The van der Waals surface area contributed by atoms with Crippen LogP contribution in [0.1, 0.15) is 26.7 Å². The topological polar surface area (TPSA) is 55.8 Å². The number of rotatable bonds is 1. The van der Waals surface area contributed by atoms with E-state index in [1.807, 2.05) is 6.92 Å². The van der Waals surface area contributed by atoms with E-state index in [0.717, 1.165) is 12.0 Å². The first-order valence-electron chi connectivity index (χ1n) is 7.21. The van der Waals surface area contributed by atoms with Gasteiger partial charge in [0.25, 0.3) is 0 Å². The molecule has 4 heteroatoms. The molecule has 3 rings (SSSR count). The van der Waals surface area contributed by atoms with E-state index in [-0.39, 0.29) is 29.6 Å². The minimum absolute atomic E-state index is 0.138. The Kier molecular flexibility index (Phi) is 3.16. The number of hydrogen-bond donors (Lipinski definition) is 1. The maximum atomic E-state index is 12.5. The molecule has 0 aromatic carbocycles. The summed E-state index contributed by atoms with van der Waals surface area (Å²) in [4.78, 5) is 12.5. The average Bonchev–Trinajstić information content (AvgIpc) is 2.41. The third-order valence-corrected chi connectivity index (χ3v) is 5.35. The summed E-state index contributed by atoms with van der Waals surface area (Å²) in [6, 6.07) is 0. The van der Waals surface area contributed by atoms with Crippen molar-refractivity contribution in [3.8, 4) is 0 Å². The third kappa shape index (κ3) is 1.62. The maximum absolute atomic E-state index is 12.5. The Balaban J connectivity index is 2.12. The average molecular weight is 278 g/mol. The zero-order valence-electron chi connectivity index (χ0n) is 12.3. The second-order valence-electron chi connectivity index (χ2n) is 6.39. The highest BCUT2D eigenvalue weighted by Gasteiger charge is 2.62. The summed E-state index contributed by atoms with van der Waals surface area (Å²) in [6.07, 6.45) is 2.46. The lowest BCUT2D eigenvalue weighted by Crippen LogP contribution is -2.66. The quantitative estimate of drug-likeness (QED) is 0.744. The molecule has 110 valence electrons. The standard InChI is InChI=1S/C16H22O4/c1-8-5-6-11-9(2)7-12(17)16(18)10(3)15(19-4)20-14(8)13(11)16/h5,9,11,13-15,18H,3,6-7H2,1-2,4H3/t9-,11+,13+,14+,15-,16?/m1/s1. The molecule has 0 aromatic rings. The van der Waals surface area contributed by atoms with Gasteiger partial charge in [0.05, 0.1) is 6.10 Å². The number of ether oxygens (including phenoxy) is 2. The smallest absolute Gasteiger partial charge is 0.183 e. The third-order valence-electron chi connectivity index (χ3n) is 5.35. The molecule has 1 N–H and O–H groups in total. The molecule has 2 fully saturated rings. The van der Waals surface area contributed by atoms with E-state index in [0.29, 0.717) is 12.0 Å². The molecular weight excluding hydrogens is 256 g/mol. The van der Waals surface area contributed by atoms with Crippen molar-refractivity contribution in [1.82, 2.24) is 0 Å². The molecule has 0 spiro atoms. The van der Waals surface area contributed by atoms with Gasteiger partial charge in [-0.05, 0) is 30.8 Å². The van der Waals surface area contributed by atoms with Crippen LogP contribution in [-0.4, -0.2) is 36.0 Å². The van der Waals surface area contributed by atoms with E-state index in [4.69, 9.17) is 9.47 Å². The Morgan fingerprint density at radius 1 is 1.55 bits per heavy atom. The highest BCUT2D eigenvalue weighted by atomic mass is 16.7. The summed E-state index contributed by atoms with van der Waals surface area (Å²) in [5, 5.41) is 11.1. The summed E-state index contributed by atoms with van der Waals surface area (Å²) in [7, 11) is 1.51. The Morgan fingerprint density at radius 2 is 2.25 bits per heavy atom. The van der Waals surface area contributed by atoms with Crippen LogP contribution < -0.4 is 0 Å². The van der Waals surface area contributed by atoms with Crippen LogP contribution in [0.15, 0.2) is 23.8 Å². The highest BCUT2D eigenvalue weighted by molar-refractivity contribution is 5.92. The first kappa shape index (κ1) is 14.0. The predicted molar refractivity (Wildman–Crippen MR) is 73.9 cm³/mol. The van der Waals surface area contributed by atoms with Gasteiger partial charge in [-0.25, -0.2) is 0 Å². The van der Waals surface area contributed by atoms with Gasteiger partial charge in [0, 0.05) is 25.0 Å². The van der Waals surface area contributed by atoms with Gasteiger partial charge in [-0.1, -0.05) is 19.6 Å². The maximum Gasteiger partial charge on any atom is 0.183 e. The fraction of sp³-hybridized carbons (Fsp3) is 0.688. The minimum Gasteiger partial charge on any atom is -0.377 e. The fourth-order valence-electron chi connectivity index (χ4n) is 4.17. The molecule has 2 aliphatic carbocycles. The van der Waals surface area contributed by atoms with E-state index in [2.05, 4.69) is 19.6 Å². The van der Waals surface area contributed by atoms with Crippen molar-refractivity contribution < 1.29 is 19.4 Å². The lowest BCUT2D eigenvalue weighted by atomic mass is 9.55. The highest BCUT2D eigenvalue weighted by Crippen LogP contribution is 2.53. The van der Waals surface area contributed by atoms with Gasteiger partial charge in [-0.3, -0.25) is 4.79 Å². The number of aliphatic hydroxyl groups is 1. The van der Waals surface area contributed by atoms with Crippen LogP contribution >= 0.6 is 0 Å². The number of ketones is 1. The number of methoxy groups -OCH3 is 1. The van der Waals surface area contributed by atoms with Gasteiger partial charge < -0.3 is 14.6 Å². The van der Waals surface area contributed by atoms with Gasteiger partial charge in [-0.2, -0.15) is 0 Å². The van der Waals surface area contributed by atoms with Crippen LogP contribution in [0, 0.1) is 17.8 Å². The molecule has 0 aromatic heterocycles. The van der Waals surface area contributed by atoms with Crippen LogP contribution in [0.4, 0.5) is 0 Å². The first-order chi connectivity index (χ1) is 9.41. The van der Waals surface area contributed by atoms with Crippen molar-refractivity contribution in [2.75, 3.05) is 7.11 Å². The molecule has 1 saturated carbocycles. The molecule has 0 radical (unpaired) electrons. The molecule has 1 unspecified atom stereocenters. The van der Waals surface area contributed by atoms with Gasteiger partial charge in [0.15, 0.2) is 17.7 Å². The molecule has 1 aliphatic heterocycles. The van der Waals surface area contributed by atoms with Crippen molar-refractivity contribution >= 4 is 5.78 Å². The van der Waals surface area contributed by atoms with Gasteiger partial charge in [0.2, 0.25) is 0 Å². The Bertz CT molecular complexity index is 495. The zero-order valence-corrected chi connectivity index (χ0v) is 12.3. The normalized spacial score (nSPS) is 47.8. The van der Waals surface area contributed by atoms with Crippen molar-refractivity contribution in [1.29, 1.82) is 0 Å². The van der Waals surface area contributed by atoms with Crippen LogP contribution in [0.25, 0.3) is 0 Å². The summed E-state index contributed by atoms with van der Waals surface area (Å²) in [6.45, 7) is 7.98. The van der Waals surface area contributed by atoms with Crippen molar-refractivity contribution in [2.24, 2.45) is 17.8 Å². The van der Waals surface area contributed by atoms with Crippen LogP contribution in [0.5, 0.6) is 0 Å². The van der Waals surface area contributed by atoms with Crippen molar-refractivity contribution in [2.45, 2.75) is 44.7 Å². The molecular formula is C16H22O4. The number of carbonyl (C=O) groups is 1. The lowest BCUT2D eigenvalue weighted by Gasteiger charge is -2.56. The molecule has 6 atom stereocenters. The van der Waals surface area contributed by atoms with E-state index < -0.39 is 11.9 Å². The SMILES string of the molecule is C=C1[C@H](OC)O[C@H]2C(C)=CC[C@@H]3[C@@H]2C1(O)C(=O)C[C@H]3C.